The molecule has 1 N–H and O–H groups in total. The van der Waals surface area contributed by atoms with Crippen LogP contribution in [0.2, 0.25) is 0 Å². The number of carbonyl (C=O) groups is 2. The summed E-state index contributed by atoms with van der Waals surface area (Å²) < 4.78 is 50.0. The first kappa shape index (κ1) is 50.4. The summed E-state index contributed by atoms with van der Waals surface area (Å²) in [7, 11) is 1.53. The minimum atomic E-state index is -2.69. The number of amides is 2. The van der Waals surface area contributed by atoms with E-state index in [4.69, 9.17) is 24.3 Å². The van der Waals surface area contributed by atoms with Gasteiger partial charge in [0.15, 0.2) is 5.82 Å². The lowest BCUT2D eigenvalue weighted by Gasteiger charge is -2.63. The third-order valence-corrected chi connectivity index (χ3v) is 17.1. The number of alkyl halides is 2. The number of fused-ring (bicyclic) bond motifs is 2. The molecule has 11 rings (SSSR count). The number of aromatic nitrogens is 3. The first-order valence-corrected chi connectivity index (χ1v) is 26.6. The summed E-state index contributed by atoms with van der Waals surface area (Å²) in [6.07, 6.45) is 2.92. The largest absolute Gasteiger partial charge is 0.495 e. The number of nitriles is 1. The van der Waals surface area contributed by atoms with Crippen LogP contribution in [0.4, 0.5) is 31.8 Å². The van der Waals surface area contributed by atoms with Crippen LogP contribution in [0.25, 0.3) is 11.1 Å². The van der Waals surface area contributed by atoms with Crippen molar-refractivity contribution in [2.45, 2.75) is 104 Å². The lowest BCUT2D eigenvalue weighted by Crippen LogP contribution is -2.74. The molecule has 15 nitrogen and oxygen atoms in total. The number of nitrogens with one attached hydrogen (secondary N) is 1. The van der Waals surface area contributed by atoms with Crippen molar-refractivity contribution in [1.29, 1.82) is 5.26 Å². The third-order valence-electron chi connectivity index (χ3n) is 17.1. The highest BCUT2D eigenvalue weighted by atomic mass is 19.3. The van der Waals surface area contributed by atoms with E-state index >= 15 is 8.78 Å². The number of aryl methyl sites for hydroxylation is 1. The second kappa shape index (κ2) is 20.1. The maximum atomic E-state index is 15.2. The van der Waals surface area contributed by atoms with E-state index in [2.05, 4.69) is 63.4 Å². The molecule has 7 heterocycles. The first-order valence-electron chi connectivity index (χ1n) is 26.6. The lowest BCUT2D eigenvalue weighted by molar-refractivity contribution is -0.164. The summed E-state index contributed by atoms with van der Waals surface area (Å²) in [5, 5.41) is 17.9. The second-order valence-corrected chi connectivity index (χ2v) is 22.4. The number of carbonyl (C=O) groups excluding carboxylic acids is 2. The van der Waals surface area contributed by atoms with Gasteiger partial charge in [-0.15, -0.1) is 0 Å². The maximum Gasteiger partial charge on any atom is 0.264 e. The van der Waals surface area contributed by atoms with Crippen LogP contribution in [-0.4, -0.2) is 127 Å². The molecule has 1 saturated carbocycles. The van der Waals surface area contributed by atoms with Crippen LogP contribution >= 0.6 is 0 Å². The highest BCUT2D eigenvalue weighted by Crippen LogP contribution is 2.56. The van der Waals surface area contributed by atoms with Gasteiger partial charge in [-0.3, -0.25) is 19.2 Å². The number of halogens is 2. The van der Waals surface area contributed by atoms with Gasteiger partial charge in [0.05, 0.1) is 25.3 Å². The minimum absolute atomic E-state index is 0.0213. The van der Waals surface area contributed by atoms with E-state index in [0.717, 1.165) is 105 Å². The van der Waals surface area contributed by atoms with Gasteiger partial charge in [0.2, 0.25) is 5.91 Å². The Kier molecular flexibility index (Phi) is 13.5. The highest BCUT2D eigenvalue weighted by molar-refractivity contribution is 5.95. The Labute approximate surface area is 438 Å². The molecule has 2 aromatic heterocycles. The van der Waals surface area contributed by atoms with Crippen LogP contribution in [0.1, 0.15) is 105 Å². The van der Waals surface area contributed by atoms with Crippen molar-refractivity contribution in [2.24, 2.45) is 10.8 Å². The van der Waals surface area contributed by atoms with Gasteiger partial charge in [0.25, 0.3) is 12.3 Å². The number of benzene rings is 3. The highest BCUT2D eigenvalue weighted by Gasteiger charge is 2.64. The summed E-state index contributed by atoms with van der Waals surface area (Å²) in [5.74, 6) is 2.60. The molecule has 3 saturated heterocycles. The van der Waals surface area contributed by atoms with Gasteiger partial charge in [-0.1, -0.05) is 27.7 Å². The molecule has 17 heteroatoms. The Balaban J connectivity index is 0.693. The molecule has 75 heavy (non-hydrogen) atoms. The van der Waals surface area contributed by atoms with Crippen LogP contribution in [0, 0.1) is 22.2 Å². The fourth-order valence-electron chi connectivity index (χ4n) is 13.2. The van der Waals surface area contributed by atoms with E-state index in [-0.39, 0.29) is 46.4 Å². The second-order valence-electron chi connectivity index (χ2n) is 22.4. The topological polar surface area (TPSA) is 145 Å². The summed E-state index contributed by atoms with van der Waals surface area (Å²) in [6, 6.07) is 23.2. The third kappa shape index (κ3) is 9.32. The number of piperazine rings is 1. The van der Waals surface area contributed by atoms with Crippen molar-refractivity contribution < 1.29 is 32.6 Å². The minimum Gasteiger partial charge on any atom is -0.495 e. The molecule has 0 unspecified atom stereocenters. The number of hydrogen-bond donors (Lipinski definition) is 1. The molecular formula is C58H68F2N10O5. The zero-order chi connectivity index (χ0) is 52.3. The summed E-state index contributed by atoms with van der Waals surface area (Å²) in [6.45, 7) is 18.4. The number of hydrogen-bond acceptors (Lipinski definition) is 12. The molecule has 0 radical (unpaired) electrons. The maximum absolute atomic E-state index is 15.2. The molecule has 4 fully saturated rings. The van der Waals surface area contributed by atoms with Crippen molar-refractivity contribution in [3.8, 4) is 28.7 Å². The van der Waals surface area contributed by atoms with Gasteiger partial charge >= 0.3 is 0 Å². The predicted octanol–water partition coefficient (Wildman–Crippen LogP) is 8.73. The molecule has 0 bridgehead atoms. The average molecular weight is 1020 g/mol. The Hall–Kier alpha value is -6.77. The Morgan fingerprint density at radius 1 is 0.880 bits per heavy atom. The summed E-state index contributed by atoms with van der Waals surface area (Å²) in [4.78, 5) is 42.2. The van der Waals surface area contributed by atoms with Crippen LogP contribution < -0.4 is 29.5 Å². The van der Waals surface area contributed by atoms with Gasteiger partial charge in [0, 0.05) is 153 Å². The zero-order valence-corrected chi connectivity index (χ0v) is 44.0. The normalized spacial score (nSPS) is 21.7. The Morgan fingerprint density at radius 2 is 1.63 bits per heavy atom. The van der Waals surface area contributed by atoms with Gasteiger partial charge in [-0.05, 0) is 97.5 Å². The van der Waals surface area contributed by atoms with E-state index < -0.39 is 6.43 Å². The Morgan fingerprint density at radius 3 is 2.29 bits per heavy atom. The number of nitrogens with zero attached hydrogens (tertiary/aromatic N) is 9. The van der Waals surface area contributed by atoms with Gasteiger partial charge in [-0.2, -0.15) is 10.4 Å². The molecule has 5 aromatic rings. The molecule has 3 aromatic carbocycles. The molecule has 1 aliphatic carbocycles. The van der Waals surface area contributed by atoms with Gasteiger partial charge in [0.1, 0.15) is 29.5 Å². The van der Waals surface area contributed by atoms with Crippen molar-refractivity contribution in [1.82, 2.24) is 29.9 Å². The molecule has 2 amide bonds. The monoisotopic (exact) mass is 1020 g/mol. The molecule has 394 valence electrons. The number of anilines is 4. The van der Waals surface area contributed by atoms with E-state index in [1.54, 1.807) is 37.4 Å². The number of methoxy groups -OCH3 is 1. The molecule has 5 aliphatic heterocycles. The summed E-state index contributed by atoms with van der Waals surface area (Å²) >= 11 is 0. The van der Waals surface area contributed by atoms with Gasteiger partial charge < -0.3 is 39.1 Å². The number of ether oxygens (including phenoxy) is 3. The van der Waals surface area contributed by atoms with E-state index in [9.17, 15) is 14.9 Å². The van der Waals surface area contributed by atoms with Crippen LogP contribution in [-0.2, 0) is 28.9 Å². The standard InChI is InChI=1S/C58H68F2N10O5/c1-36(71)67-21-17-48-47(35-67)53(64-70(48)42-18-26-74-27-19-42)69-20-7-8-38-28-45(46(52(59)60)30-49(38)69)40-12-16-51(62-32-40)68-33-43(34-68)66-24-22-65(23-25-66)41-13-9-37(10-14-41)54(72)63-55-57(2,3)56(58(55,4)5)75-44-15-11-39(31-61)50(29-44)73-6/h9-16,28-30,32,42-43,52,55-56H,7-8,17-27,33-35H2,1-6H3,(H,63,72). The number of pyridine rings is 1. The van der Waals surface area contributed by atoms with Crippen molar-refractivity contribution >= 4 is 34.8 Å². The Bertz CT molecular complexity index is 2970. The molecule has 6 aliphatic rings. The fraction of sp³-hybridized carbons (Fsp3) is 0.500. The first-order chi connectivity index (χ1) is 36.1. The average Bonchev–Trinajstić information content (AvgIpc) is 3.80. The van der Waals surface area contributed by atoms with Gasteiger partial charge in [-0.25, -0.2) is 13.8 Å². The van der Waals surface area contributed by atoms with Crippen LogP contribution in [0.5, 0.6) is 11.5 Å². The van der Waals surface area contributed by atoms with Crippen molar-refractivity contribution in [3.63, 3.8) is 0 Å². The van der Waals surface area contributed by atoms with E-state index in [1.165, 1.54) is 7.11 Å². The molecular weight excluding hydrogens is 955 g/mol. The summed E-state index contributed by atoms with van der Waals surface area (Å²) in [5.41, 5.74) is 6.50. The zero-order valence-electron chi connectivity index (χ0n) is 44.0. The quantitative estimate of drug-likeness (QED) is 0.128. The van der Waals surface area contributed by atoms with E-state index in [0.29, 0.717) is 79.1 Å². The van der Waals surface area contributed by atoms with Crippen molar-refractivity contribution in [2.75, 3.05) is 87.4 Å². The fourth-order valence-corrected chi connectivity index (χ4v) is 13.2. The predicted molar refractivity (Wildman–Crippen MR) is 283 cm³/mol. The SMILES string of the molecule is COc1cc(OC2C(C)(C)C(NC(=O)c3ccc(N4CCN(C5CN(c6ccc(-c7cc8c(cc7C(F)F)N(c7nn(C9CCOCC9)c9c7CN(C(C)=O)CC9)CCC8)cn6)C5)CC4)cc3)C2(C)C)ccc1C#N. The van der Waals surface area contributed by atoms with Crippen LogP contribution in [0.3, 0.4) is 0 Å². The number of rotatable bonds is 12. The van der Waals surface area contributed by atoms with E-state index in [1.807, 2.05) is 47.4 Å². The van der Waals surface area contributed by atoms with Crippen LogP contribution in [0.15, 0.2) is 72.9 Å². The molecule has 0 atom stereocenters. The van der Waals surface area contributed by atoms with Crippen molar-refractivity contribution in [3.05, 3.63) is 106 Å². The lowest BCUT2D eigenvalue weighted by atomic mass is 9.49. The molecule has 0 spiro atoms. The smallest absolute Gasteiger partial charge is 0.264 e.